The number of aliphatic hydroxyl groups is 1. The number of ether oxygens (including phenoxy) is 1. The van der Waals surface area contributed by atoms with Crippen LogP contribution in [0.2, 0.25) is 0 Å². The molecule has 0 spiro atoms. The van der Waals surface area contributed by atoms with Gasteiger partial charge in [-0.3, -0.25) is 4.90 Å². The van der Waals surface area contributed by atoms with Crippen molar-refractivity contribution in [2.24, 2.45) is 0 Å². The van der Waals surface area contributed by atoms with Crippen LogP contribution in [0.4, 0.5) is 0 Å². The molecule has 2 unspecified atom stereocenters. The van der Waals surface area contributed by atoms with Crippen LogP contribution in [0.1, 0.15) is 38.5 Å². The summed E-state index contributed by atoms with van der Waals surface area (Å²) >= 11 is 0. The van der Waals surface area contributed by atoms with Crippen molar-refractivity contribution in [3.8, 4) is 6.07 Å². The molecule has 1 N–H and O–H groups in total. The molecular formula is C13H24N2O2. The number of aliphatic hydroxyl groups excluding tert-OH is 1. The Bertz CT molecular complexity index is 240. The van der Waals surface area contributed by atoms with Crippen molar-refractivity contribution in [2.45, 2.75) is 50.7 Å². The highest BCUT2D eigenvalue weighted by atomic mass is 16.5. The Labute approximate surface area is 104 Å². The standard InChI is InChI=1S/C13H24N2O2/c1-17-11-10-15(9-5-8-14)12-6-3-2-4-7-13(12)16/h12-13,16H,2-7,9-11H2,1H3. The maximum Gasteiger partial charge on any atom is 0.0695 e. The molecule has 17 heavy (non-hydrogen) atoms. The predicted molar refractivity (Wildman–Crippen MR) is 66.6 cm³/mol. The number of methoxy groups -OCH3 is 1. The van der Waals surface area contributed by atoms with Gasteiger partial charge >= 0.3 is 0 Å². The molecule has 4 nitrogen and oxygen atoms in total. The predicted octanol–water partition coefficient (Wildman–Crippen LogP) is 1.54. The van der Waals surface area contributed by atoms with Crippen molar-refractivity contribution in [1.29, 1.82) is 5.26 Å². The van der Waals surface area contributed by atoms with Crippen LogP contribution in [0.15, 0.2) is 0 Å². The molecule has 0 aromatic heterocycles. The van der Waals surface area contributed by atoms with Gasteiger partial charge in [0.15, 0.2) is 0 Å². The average molecular weight is 240 g/mol. The van der Waals surface area contributed by atoms with E-state index >= 15 is 0 Å². The summed E-state index contributed by atoms with van der Waals surface area (Å²) in [7, 11) is 1.69. The molecule has 1 aliphatic rings. The highest BCUT2D eigenvalue weighted by molar-refractivity contribution is 4.84. The van der Waals surface area contributed by atoms with Gasteiger partial charge in [0.2, 0.25) is 0 Å². The van der Waals surface area contributed by atoms with Gasteiger partial charge in [-0.05, 0) is 12.8 Å². The van der Waals surface area contributed by atoms with Crippen LogP contribution in [0, 0.1) is 11.3 Å². The summed E-state index contributed by atoms with van der Waals surface area (Å²) < 4.78 is 5.10. The molecule has 0 heterocycles. The minimum atomic E-state index is -0.243. The van der Waals surface area contributed by atoms with Gasteiger partial charge in [-0.15, -0.1) is 0 Å². The van der Waals surface area contributed by atoms with Crippen molar-refractivity contribution in [3.63, 3.8) is 0 Å². The quantitative estimate of drug-likeness (QED) is 0.716. The third kappa shape index (κ3) is 5.03. The second-order valence-electron chi connectivity index (χ2n) is 4.71. The Balaban J connectivity index is 2.54. The maximum absolute atomic E-state index is 10.2. The molecule has 0 saturated heterocycles. The van der Waals surface area contributed by atoms with Gasteiger partial charge in [-0.25, -0.2) is 0 Å². The molecule has 0 aliphatic heterocycles. The van der Waals surface area contributed by atoms with E-state index in [1.165, 1.54) is 12.8 Å². The Morgan fingerprint density at radius 1 is 1.29 bits per heavy atom. The molecule has 1 fully saturated rings. The summed E-state index contributed by atoms with van der Waals surface area (Å²) in [5.41, 5.74) is 0. The largest absolute Gasteiger partial charge is 0.391 e. The Morgan fingerprint density at radius 3 is 2.76 bits per heavy atom. The van der Waals surface area contributed by atoms with E-state index in [4.69, 9.17) is 10.00 Å². The van der Waals surface area contributed by atoms with Gasteiger partial charge in [0, 0.05) is 32.7 Å². The van der Waals surface area contributed by atoms with Crippen LogP contribution >= 0.6 is 0 Å². The van der Waals surface area contributed by atoms with E-state index in [1.54, 1.807) is 7.11 Å². The van der Waals surface area contributed by atoms with E-state index in [0.29, 0.717) is 13.0 Å². The fourth-order valence-electron chi connectivity index (χ4n) is 2.54. The molecule has 1 rings (SSSR count). The van der Waals surface area contributed by atoms with Crippen LogP contribution in [0.5, 0.6) is 0 Å². The van der Waals surface area contributed by atoms with Crippen LogP contribution in [0.25, 0.3) is 0 Å². The van der Waals surface area contributed by atoms with Crippen molar-refractivity contribution < 1.29 is 9.84 Å². The zero-order valence-electron chi connectivity index (χ0n) is 10.8. The fourth-order valence-corrected chi connectivity index (χ4v) is 2.54. The first kappa shape index (κ1) is 14.4. The van der Waals surface area contributed by atoms with Crippen molar-refractivity contribution in [3.05, 3.63) is 0 Å². The minimum absolute atomic E-state index is 0.209. The molecule has 0 radical (unpaired) electrons. The average Bonchev–Trinajstić information content (AvgIpc) is 2.55. The van der Waals surface area contributed by atoms with E-state index < -0.39 is 0 Å². The maximum atomic E-state index is 10.2. The SMILES string of the molecule is COCCN(CCC#N)C1CCCCCC1O. The van der Waals surface area contributed by atoms with E-state index in [0.717, 1.165) is 32.4 Å². The van der Waals surface area contributed by atoms with E-state index in [-0.39, 0.29) is 12.1 Å². The number of nitrogens with zero attached hydrogens (tertiary/aromatic N) is 2. The molecule has 2 atom stereocenters. The molecule has 0 aromatic rings. The highest BCUT2D eigenvalue weighted by Gasteiger charge is 2.26. The van der Waals surface area contributed by atoms with Gasteiger partial charge in [-0.2, -0.15) is 5.26 Å². The Hall–Kier alpha value is -0.630. The fraction of sp³-hybridized carbons (Fsp3) is 0.923. The number of nitriles is 1. The molecule has 98 valence electrons. The lowest BCUT2D eigenvalue weighted by atomic mass is 10.0. The smallest absolute Gasteiger partial charge is 0.0695 e. The number of rotatable bonds is 6. The summed E-state index contributed by atoms with van der Waals surface area (Å²) in [6.07, 6.45) is 5.72. The normalized spacial score (nSPS) is 25.5. The van der Waals surface area contributed by atoms with Gasteiger partial charge in [0.05, 0.1) is 18.8 Å². The zero-order valence-corrected chi connectivity index (χ0v) is 10.8. The monoisotopic (exact) mass is 240 g/mol. The second-order valence-corrected chi connectivity index (χ2v) is 4.71. The van der Waals surface area contributed by atoms with Crippen molar-refractivity contribution in [2.75, 3.05) is 26.8 Å². The van der Waals surface area contributed by atoms with E-state index in [1.807, 2.05) is 0 Å². The summed E-state index contributed by atoms with van der Waals surface area (Å²) in [5, 5.41) is 18.8. The molecule has 0 aromatic carbocycles. The van der Waals surface area contributed by atoms with Crippen LogP contribution in [-0.4, -0.2) is 49.0 Å². The summed E-state index contributed by atoms with van der Waals surface area (Å²) in [4.78, 5) is 2.22. The molecular weight excluding hydrogens is 216 g/mol. The lowest BCUT2D eigenvalue weighted by Crippen LogP contribution is -2.45. The van der Waals surface area contributed by atoms with Crippen molar-refractivity contribution in [1.82, 2.24) is 4.90 Å². The highest BCUT2D eigenvalue weighted by Crippen LogP contribution is 2.22. The summed E-state index contributed by atoms with van der Waals surface area (Å²) in [6, 6.07) is 2.39. The topological polar surface area (TPSA) is 56.5 Å². The number of hydrogen-bond acceptors (Lipinski definition) is 4. The van der Waals surface area contributed by atoms with Crippen LogP contribution < -0.4 is 0 Å². The van der Waals surface area contributed by atoms with Gasteiger partial charge in [0.25, 0.3) is 0 Å². The van der Waals surface area contributed by atoms with E-state index in [2.05, 4.69) is 11.0 Å². The first-order valence-electron chi connectivity index (χ1n) is 6.57. The third-order valence-corrected chi connectivity index (χ3v) is 3.51. The zero-order chi connectivity index (χ0) is 12.5. The van der Waals surface area contributed by atoms with Gasteiger partial charge < -0.3 is 9.84 Å². The Morgan fingerprint density at radius 2 is 2.06 bits per heavy atom. The van der Waals surface area contributed by atoms with Crippen LogP contribution in [-0.2, 0) is 4.74 Å². The van der Waals surface area contributed by atoms with Crippen molar-refractivity contribution >= 4 is 0 Å². The summed E-state index contributed by atoms with van der Waals surface area (Å²) in [6.45, 7) is 2.20. The molecule has 1 aliphatic carbocycles. The lowest BCUT2D eigenvalue weighted by molar-refractivity contribution is 0.0309. The second kappa shape index (κ2) is 8.46. The van der Waals surface area contributed by atoms with Crippen LogP contribution in [0.3, 0.4) is 0 Å². The van der Waals surface area contributed by atoms with E-state index in [9.17, 15) is 5.11 Å². The van der Waals surface area contributed by atoms with Gasteiger partial charge in [0.1, 0.15) is 0 Å². The minimum Gasteiger partial charge on any atom is -0.391 e. The Kier molecular flexibility index (Phi) is 7.18. The first-order valence-corrected chi connectivity index (χ1v) is 6.57. The molecule has 4 heteroatoms. The molecule has 0 bridgehead atoms. The van der Waals surface area contributed by atoms with Gasteiger partial charge in [-0.1, -0.05) is 19.3 Å². The molecule has 1 saturated carbocycles. The summed E-state index contributed by atoms with van der Waals surface area (Å²) in [5.74, 6) is 0. The third-order valence-electron chi connectivity index (χ3n) is 3.51. The lowest BCUT2D eigenvalue weighted by Gasteiger charge is -2.33. The first-order chi connectivity index (χ1) is 8.29. The number of hydrogen-bond donors (Lipinski definition) is 1. The molecule has 0 amide bonds.